The Morgan fingerprint density at radius 3 is 2.52 bits per heavy atom. The van der Waals surface area contributed by atoms with Gasteiger partial charge in [0.2, 0.25) is 0 Å². The molecule has 27 heavy (non-hydrogen) atoms. The van der Waals surface area contributed by atoms with Crippen LogP contribution in [0.25, 0.3) is 5.69 Å². The normalized spacial score (nSPS) is 21.0. The summed E-state index contributed by atoms with van der Waals surface area (Å²) in [7, 11) is -3.13. The summed E-state index contributed by atoms with van der Waals surface area (Å²) >= 11 is 0. The Kier molecular flexibility index (Phi) is 5.05. The van der Waals surface area contributed by atoms with E-state index in [1.54, 1.807) is 42.1 Å². The van der Waals surface area contributed by atoms with E-state index in [1.807, 2.05) is 13.0 Å². The van der Waals surface area contributed by atoms with Gasteiger partial charge in [0.1, 0.15) is 0 Å². The largest absolute Gasteiger partial charge is 0.452 e. The Hall–Kier alpha value is -2.68. The number of rotatable bonds is 5. The zero-order valence-electron chi connectivity index (χ0n) is 15.1. The van der Waals surface area contributed by atoms with Gasteiger partial charge in [0, 0.05) is 11.9 Å². The molecule has 0 saturated carbocycles. The summed E-state index contributed by atoms with van der Waals surface area (Å²) in [6.45, 7) is 3.13. The number of hydrogen-bond donors (Lipinski definition) is 1. The number of carbonyl (C=O) groups excluding carboxylic acids is 2. The fourth-order valence-corrected chi connectivity index (χ4v) is 5.17. The molecule has 1 amide bonds. The molecule has 0 spiro atoms. The number of benzene rings is 1. The second-order valence-electron chi connectivity index (χ2n) is 6.96. The van der Waals surface area contributed by atoms with Crippen LogP contribution in [0.4, 0.5) is 0 Å². The highest BCUT2D eigenvalue weighted by molar-refractivity contribution is 7.91. The number of aryl methyl sites for hydroxylation is 1. The van der Waals surface area contributed by atoms with Crippen LogP contribution in [-0.4, -0.2) is 53.7 Å². The van der Waals surface area contributed by atoms with Gasteiger partial charge in [-0.2, -0.15) is 5.10 Å². The van der Waals surface area contributed by atoms with E-state index in [2.05, 4.69) is 10.4 Å². The van der Waals surface area contributed by atoms with Crippen LogP contribution in [0.5, 0.6) is 0 Å². The van der Waals surface area contributed by atoms with Crippen LogP contribution in [0.2, 0.25) is 0 Å². The van der Waals surface area contributed by atoms with Gasteiger partial charge in [0.25, 0.3) is 5.91 Å². The van der Waals surface area contributed by atoms with Crippen molar-refractivity contribution in [1.29, 1.82) is 0 Å². The van der Waals surface area contributed by atoms with Gasteiger partial charge in [0.15, 0.2) is 16.4 Å². The summed E-state index contributed by atoms with van der Waals surface area (Å²) in [5.74, 6) is -1.20. The van der Waals surface area contributed by atoms with Crippen molar-refractivity contribution in [2.75, 3.05) is 18.1 Å². The van der Waals surface area contributed by atoms with E-state index in [9.17, 15) is 18.0 Å². The third-order valence-electron chi connectivity index (χ3n) is 4.46. The highest BCUT2D eigenvalue weighted by Gasteiger charge is 2.39. The lowest BCUT2D eigenvalue weighted by Gasteiger charge is -2.23. The predicted molar refractivity (Wildman–Crippen MR) is 98.4 cm³/mol. The van der Waals surface area contributed by atoms with Crippen molar-refractivity contribution < 1.29 is 22.7 Å². The quantitative estimate of drug-likeness (QED) is 0.763. The fraction of sp³-hybridized carbons (Fsp3) is 0.389. The molecule has 1 fully saturated rings. The van der Waals surface area contributed by atoms with Crippen molar-refractivity contribution in [2.45, 2.75) is 25.8 Å². The lowest BCUT2D eigenvalue weighted by Crippen LogP contribution is -2.48. The zero-order valence-corrected chi connectivity index (χ0v) is 16.0. The van der Waals surface area contributed by atoms with Crippen molar-refractivity contribution in [2.24, 2.45) is 0 Å². The minimum atomic E-state index is -3.13. The predicted octanol–water partition coefficient (Wildman–Crippen LogP) is 1.03. The second-order valence-corrected chi connectivity index (χ2v) is 9.14. The van der Waals surface area contributed by atoms with E-state index >= 15 is 0 Å². The van der Waals surface area contributed by atoms with E-state index in [0.29, 0.717) is 12.0 Å². The average Bonchev–Trinajstić information content (AvgIpc) is 3.15. The molecule has 3 rings (SSSR count). The monoisotopic (exact) mass is 391 g/mol. The van der Waals surface area contributed by atoms with Crippen LogP contribution in [0.1, 0.15) is 29.4 Å². The maximum atomic E-state index is 12.1. The molecule has 144 valence electrons. The first-order valence-electron chi connectivity index (χ1n) is 8.47. The summed E-state index contributed by atoms with van der Waals surface area (Å²) in [6, 6.07) is 8.54. The highest BCUT2D eigenvalue weighted by atomic mass is 32.2. The summed E-state index contributed by atoms with van der Waals surface area (Å²) < 4.78 is 29.9. The number of nitrogens with zero attached hydrogens (tertiary/aromatic N) is 2. The second kappa shape index (κ2) is 7.15. The number of nitrogens with one attached hydrogen (secondary N) is 1. The number of aromatic nitrogens is 2. The number of hydrogen-bond acceptors (Lipinski definition) is 6. The topological polar surface area (TPSA) is 107 Å². The summed E-state index contributed by atoms with van der Waals surface area (Å²) in [6.07, 6.45) is 2.04. The Balaban J connectivity index is 1.55. The van der Waals surface area contributed by atoms with E-state index < -0.39 is 33.9 Å². The van der Waals surface area contributed by atoms with Crippen LogP contribution in [0.3, 0.4) is 0 Å². The third kappa shape index (κ3) is 4.54. The molecule has 1 atom stereocenters. The third-order valence-corrected chi connectivity index (χ3v) is 6.36. The SMILES string of the molecule is Cc1ccnn1-c1ccc(C(=O)OCC(=O)N[C@@]2(C)CCS(=O)(=O)C2)cc1. The smallest absolute Gasteiger partial charge is 0.338 e. The van der Waals surface area contributed by atoms with Gasteiger partial charge >= 0.3 is 5.97 Å². The minimum Gasteiger partial charge on any atom is -0.452 e. The maximum Gasteiger partial charge on any atom is 0.338 e. The van der Waals surface area contributed by atoms with Crippen LogP contribution in [0, 0.1) is 6.92 Å². The first-order chi connectivity index (χ1) is 12.7. The molecule has 9 heteroatoms. The van der Waals surface area contributed by atoms with E-state index in [4.69, 9.17) is 4.74 Å². The number of sulfone groups is 1. The molecule has 1 aromatic heterocycles. The average molecular weight is 391 g/mol. The van der Waals surface area contributed by atoms with Gasteiger partial charge in [-0.05, 0) is 50.6 Å². The zero-order chi connectivity index (χ0) is 19.7. The molecule has 2 heterocycles. The molecular formula is C18H21N3O5S. The summed E-state index contributed by atoms with van der Waals surface area (Å²) in [5.41, 5.74) is 1.27. The number of carbonyl (C=O) groups is 2. The molecule has 1 aromatic carbocycles. The lowest BCUT2D eigenvalue weighted by atomic mass is 10.0. The van der Waals surface area contributed by atoms with Gasteiger partial charge in [-0.3, -0.25) is 4.79 Å². The van der Waals surface area contributed by atoms with Gasteiger partial charge in [-0.25, -0.2) is 17.9 Å². The molecular weight excluding hydrogens is 370 g/mol. The van der Waals surface area contributed by atoms with Crippen molar-refractivity contribution in [3.8, 4) is 5.69 Å². The molecule has 0 unspecified atom stereocenters. The van der Waals surface area contributed by atoms with E-state index in [-0.39, 0.29) is 11.5 Å². The molecule has 1 saturated heterocycles. The minimum absolute atomic E-state index is 0.0473. The van der Waals surface area contributed by atoms with Crippen molar-refractivity contribution in [3.63, 3.8) is 0 Å². The van der Waals surface area contributed by atoms with Crippen molar-refractivity contribution in [1.82, 2.24) is 15.1 Å². The van der Waals surface area contributed by atoms with Crippen molar-refractivity contribution in [3.05, 3.63) is 47.8 Å². The molecule has 1 aliphatic heterocycles. The van der Waals surface area contributed by atoms with Crippen LogP contribution in [0.15, 0.2) is 36.5 Å². The van der Waals surface area contributed by atoms with E-state index in [0.717, 1.165) is 11.4 Å². The molecule has 1 aliphatic rings. The summed E-state index contributed by atoms with van der Waals surface area (Å²) in [5, 5.41) is 6.83. The lowest BCUT2D eigenvalue weighted by molar-refractivity contribution is -0.125. The van der Waals surface area contributed by atoms with Gasteiger partial charge in [-0.1, -0.05) is 0 Å². The van der Waals surface area contributed by atoms with Gasteiger partial charge in [-0.15, -0.1) is 0 Å². The molecule has 8 nitrogen and oxygen atoms in total. The number of esters is 1. The summed E-state index contributed by atoms with van der Waals surface area (Å²) in [4.78, 5) is 24.1. The van der Waals surface area contributed by atoms with Crippen molar-refractivity contribution >= 4 is 21.7 Å². The fourth-order valence-electron chi connectivity index (χ4n) is 3.07. The van der Waals surface area contributed by atoms with Crippen LogP contribution < -0.4 is 5.32 Å². The Bertz CT molecular complexity index is 965. The molecule has 0 aliphatic carbocycles. The number of amides is 1. The van der Waals surface area contributed by atoms with Crippen LogP contribution >= 0.6 is 0 Å². The Morgan fingerprint density at radius 1 is 1.26 bits per heavy atom. The Labute approximate surface area is 157 Å². The first-order valence-corrected chi connectivity index (χ1v) is 10.3. The van der Waals surface area contributed by atoms with Gasteiger partial charge in [0.05, 0.1) is 28.3 Å². The number of ether oxygens (including phenoxy) is 1. The Morgan fingerprint density at radius 2 is 1.96 bits per heavy atom. The highest BCUT2D eigenvalue weighted by Crippen LogP contribution is 2.22. The first kappa shape index (κ1) is 19.1. The van der Waals surface area contributed by atoms with E-state index in [1.165, 1.54) is 0 Å². The molecule has 2 aromatic rings. The standard InChI is InChI=1S/C18H21N3O5S/c1-13-7-9-19-21(13)15-5-3-14(4-6-15)17(23)26-11-16(22)20-18(2)8-10-27(24,25)12-18/h3-7,9H,8,10-12H2,1-2H3,(H,20,22)/t18-/m0/s1. The van der Waals surface area contributed by atoms with Gasteiger partial charge < -0.3 is 10.1 Å². The molecule has 1 N–H and O–H groups in total. The molecule has 0 bridgehead atoms. The maximum absolute atomic E-state index is 12.1. The molecule has 0 radical (unpaired) electrons. The van der Waals surface area contributed by atoms with Crippen LogP contribution in [-0.2, 0) is 19.4 Å².